The molecular formula is C10H10N2O3. The molecule has 0 fully saturated rings. The van der Waals surface area contributed by atoms with Gasteiger partial charge in [0.1, 0.15) is 11.6 Å². The number of hydrogen-bond donors (Lipinski definition) is 2. The van der Waals surface area contributed by atoms with Gasteiger partial charge in [0.25, 0.3) is 0 Å². The Bertz CT molecular complexity index is 427. The minimum absolute atomic E-state index is 0.250. The van der Waals surface area contributed by atoms with Gasteiger partial charge in [0.15, 0.2) is 17.2 Å². The number of nitrogens with two attached hydrogens (primary N) is 1. The Morgan fingerprint density at radius 1 is 1.20 bits per heavy atom. The van der Waals surface area contributed by atoms with Crippen molar-refractivity contribution in [3.8, 4) is 17.2 Å². The number of benzene rings is 1. The van der Waals surface area contributed by atoms with Gasteiger partial charge in [0, 0.05) is 12.1 Å². The van der Waals surface area contributed by atoms with E-state index in [1.807, 2.05) is 6.07 Å². The first kappa shape index (κ1) is 8.28. The molecule has 2 aliphatic rings. The molecule has 0 radical (unpaired) electrons. The molecule has 0 unspecified atom stereocenters. The number of ether oxygens (including phenoxy) is 3. The van der Waals surface area contributed by atoms with Crippen LogP contribution in [0.25, 0.3) is 0 Å². The Balaban J connectivity index is 2.08. The van der Waals surface area contributed by atoms with Crippen LogP contribution in [0, 0.1) is 0 Å². The van der Waals surface area contributed by atoms with Crippen LogP contribution in [0.15, 0.2) is 23.7 Å². The summed E-state index contributed by atoms with van der Waals surface area (Å²) in [6.45, 7) is 2.05. The summed E-state index contributed by atoms with van der Waals surface area (Å²) in [7, 11) is 0. The molecule has 5 nitrogen and oxygen atoms in total. The fourth-order valence-electron chi connectivity index (χ4n) is 1.56. The highest BCUT2D eigenvalue weighted by Crippen LogP contribution is 2.43. The maximum absolute atomic E-state index is 5.71. The lowest BCUT2D eigenvalue weighted by atomic mass is 10.2. The molecule has 15 heavy (non-hydrogen) atoms. The summed E-state index contributed by atoms with van der Waals surface area (Å²) in [4.78, 5) is 0. The lowest BCUT2D eigenvalue weighted by Gasteiger charge is -2.20. The quantitative estimate of drug-likeness (QED) is 0.671. The topological polar surface area (TPSA) is 65.7 Å². The van der Waals surface area contributed by atoms with Gasteiger partial charge in [-0.1, -0.05) is 0 Å². The van der Waals surface area contributed by atoms with Crippen molar-refractivity contribution in [2.45, 2.75) is 6.92 Å². The van der Waals surface area contributed by atoms with E-state index in [4.69, 9.17) is 19.9 Å². The van der Waals surface area contributed by atoms with Crippen LogP contribution in [-0.4, -0.2) is 6.79 Å². The van der Waals surface area contributed by atoms with Gasteiger partial charge in [-0.2, -0.15) is 0 Å². The van der Waals surface area contributed by atoms with Gasteiger partial charge in [0.05, 0.1) is 5.69 Å². The minimum Gasteiger partial charge on any atom is -0.456 e. The zero-order valence-corrected chi connectivity index (χ0v) is 8.16. The third-order valence-corrected chi connectivity index (χ3v) is 2.39. The summed E-state index contributed by atoms with van der Waals surface area (Å²) in [5.41, 5.74) is 6.50. The van der Waals surface area contributed by atoms with Crippen LogP contribution < -0.4 is 25.3 Å². The smallest absolute Gasteiger partial charge is 0.231 e. The van der Waals surface area contributed by atoms with E-state index in [0.717, 1.165) is 5.69 Å². The summed E-state index contributed by atoms with van der Waals surface area (Å²) in [6.07, 6.45) is 0. The molecule has 1 aromatic rings. The third kappa shape index (κ3) is 1.16. The molecule has 0 aliphatic carbocycles. The van der Waals surface area contributed by atoms with Crippen LogP contribution in [0.1, 0.15) is 6.92 Å². The normalized spacial score (nSPS) is 16.9. The summed E-state index contributed by atoms with van der Waals surface area (Å²) in [5.74, 6) is 3.27. The fourth-order valence-corrected chi connectivity index (χ4v) is 1.56. The minimum atomic E-state index is 0.250. The molecule has 2 aliphatic heterocycles. The van der Waals surface area contributed by atoms with Gasteiger partial charge in [-0.3, -0.25) is 0 Å². The van der Waals surface area contributed by atoms with E-state index in [1.54, 1.807) is 13.0 Å². The number of fused-ring (bicyclic) bond motifs is 2. The van der Waals surface area contributed by atoms with Gasteiger partial charge in [-0.15, -0.1) is 0 Å². The predicted octanol–water partition coefficient (Wildman–Crippen LogP) is 1.37. The van der Waals surface area contributed by atoms with Crippen LogP contribution in [0.4, 0.5) is 5.69 Å². The third-order valence-electron chi connectivity index (χ3n) is 2.39. The SMILES string of the molecule is CC1=C(N)Nc2cc3c(cc2O1)OCO3. The van der Waals surface area contributed by atoms with Gasteiger partial charge in [-0.05, 0) is 6.92 Å². The number of rotatable bonds is 0. The van der Waals surface area contributed by atoms with Crippen LogP contribution in [0.3, 0.4) is 0 Å². The summed E-state index contributed by atoms with van der Waals surface area (Å²) >= 11 is 0. The van der Waals surface area contributed by atoms with Gasteiger partial charge >= 0.3 is 0 Å². The first-order valence-corrected chi connectivity index (χ1v) is 4.59. The first-order chi connectivity index (χ1) is 7.24. The number of allylic oxidation sites excluding steroid dienone is 1. The predicted molar refractivity (Wildman–Crippen MR) is 53.7 cm³/mol. The average Bonchev–Trinajstić information content (AvgIpc) is 2.63. The molecule has 78 valence electrons. The zero-order valence-electron chi connectivity index (χ0n) is 8.16. The Labute approximate surface area is 86.4 Å². The van der Waals surface area contributed by atoms with E-state index in [-0.39, 0.29) is 6.79 Å². The van der Waals surface area contributed by atoms with E-state index in [0.29, 0.717) is 28.8 Å². The van der Waals surface area contributed by atoms with E-state index >= 15 is 0 Å². The monoisotopic (exact) mass is 206 g/mol. The highest BCUT2D eigenvalue weighted by Gasteiger charge is 2.21. The van der Waals surface area contributed by atoms with E-state index < -0.39 is 0 Å². The van der Waals surface area contributed by atoms with Crippen molar-refractivity contribution < 1.29 is 14.2 Å². The molecule has 1 aromatic carbocycles. The van der Waals surface area contributed by atoms with Crippen LogP contribution in [0.2, 0.25) is 0 Å². The van der Waals surface area contributed by atoms with Crippen LogP contribution >= 0.6 is 0 Å². The van der Waals surface area contributed by atoms with Crippen molar-refractivity contribution in [2.24, 2.45) is 5.73 Å². The van der Waals surface area contributed by atoms with E-state index in [9.17, 15) is 0 Å². The van der Waals surface area contributed by atoms with Crippen LogP contribution in [0.5, 0.6) is 17.2 Å². The second kappa shape index (κ2) is 2.73. The standard InChI is InChI=1S/C10H10N2O3/c1-5-10(11)12-6-2-8-9(14-4-13-8)3-7(6)15-5/h2-3,12H,4,11H2,1H3. The van der Waals surface area contributed by atoms with Gasteiger partial charge in [-0.25, -0.2) is 0 Å². The summed E-state index contributed by atoms with van der Waals surface area (Å²) in [5, 5.41) is 3.04. The molecule has 3 rings (SSSR count). The second-order valence-electron chi connectivity index (χ2n) is 3.40. The largest absolute Gasteiger partial charge is 0.456 e. The molecule has 0 atom stereocenters. The molecule has 0 saturated heterocycles. The number of anilines is 1. The lowest BCUT2D eigenvalue weighted by molar-refractivity contribution is 0.174. The Morgan fingerprint density at radius 2 is 1.93 bits per heavy atom. The second-order valence-corrected chi connectivity index (χ2v) is 3.40. The molecule has 2 heterocycles. The maximum atomic E-state index is 5.71. The highest BCUT2D eigenvalue weighted by atomic mass is 16.7. The fraction of sp³-hybridized carbons (Fsp3) is 0.200. The maximum Gasteiger partial charge on any atom is 0.231 e. The molecule has 0 bridgehead atoms. The number of hydrogen-bond acceptors (Lipinski definition) is 5. The van der Waals surface area contributed by atoms with Crippen molar-refractivity contribution in [2.75, 3.05) is 12.1 Å². The van der Waals surface area contributed by atoms with Crippen LogP contribution in [-0.2, 0) is 0 Å². The van der Waals surface area contributed by atoms with Crippen molar-refractivity contribution in [3.63, 3.8) is 0 Å². The van der Waals surface area contributed by atoms with Crippen molar-refractivity contribution in [1.29, 1.82) is 0 Å². The molecule has 3 N–H and O–H groups in total. The lowest BCUT2D eigenvalue weighted by Crippen LogP contribution is -2.18. The molecule has 0 saturated carbocycles. The first-order valence-electron chi connectivity index (χ1n) is 4.59. The summed E-state index contributed by atoms with van der Waals surface area (Å²) in [6, 6.07) is 3.61. The zero-order chi connectivity index (χ0) is 10.4. The van der Waals surface area contributed by atoms with Gasteiger partial charge < -0.3 is 25.3 Å². The Hall–Kier alpha value is -2.04. The Kier molecular flexibility index (Phi) is 1.50. The summed E-state index contributed by atoms with van der Waals surface area (Å²) < 4.78 is 16.0. The molecule has 5 heteroatoms. The van der Waals surface area contributed by atoms with Gasteiger partial charge in [0.2, 0.25) is 6.79 Å². The van der Waals surface area contributed by atoms with Crippen molar-refractivity contribution in [1.82, 2.24) is 0 Å². The molecular weight excluding hydrogens is 196 g/mol. The molecule has 0 aromatic heterocycles. The van der Waals surface area contributed by atoms with Crippen molar-refractivity contribution in [3.05, 3.63) is 23.7 Å². The Morgan fingerprint density at radius 3 is 2.73 bits per heavy atom. The van der Waals surface area contributed by atoms with E-state index in [1.165, 1.54) is 0 Å². The average molecular weight is 206 g/mol. The number of nitrogens with one attached hydrogen (secondary N) is 1. The molecule has 0 amide bonds. The van der Waals surface area contributed by atoms with E-state index in [2.05, 4.69) is 5.32 Å². The molecule has 0 spiro atoms. The highest BCUT2D eigenvalue weighted by molar-refractivity contribution is 5.68. The van der Waals surface area contributed by atoms with Crippen molar-refractivity contribution >= 4 is 5.69 Å².